The second-order valence-corrected chi connectivity index (χ2v) is 4.66. The van der Waals surface area contributed by atoms with Crippen LogP contribution in [-0.2, 0) is 0 Å². The van der Waals surface area contributed by atoms with E-state index in [4.69, 9.17) is 0 Å². The first-order valence-corrected chi connectivity index (χ1v) is 6.50. The van der Waals surface area contributed by atoms with E-state index in [0.29, 0.717) is 0 Å². The Morgan fingerprint density at radius 1 is 1.05 bits per heavy atom. The zero-order valence-corrected chi connectivity index (χ0v) is 11.1. The fourth-order valence-electron chi connectivity index (χ4n) is 2.04. The predicted octanol–water partition coefficient (Wildman–Crippen LogP) is 2.99. The minimum atomic E-state index is -0.501. The molecule has 0 bridgehead atoms. The van der Waals surface area contributed by atoms with Crippen LogP contribution in [0.15, 0.2) is 60.8 Å². The molecule has 0 aliphatic carbocycles. The van der Waals surface area contributed by atoms with Crippen LogP contribution in [0.2, 0.25) is 0 Å². The Labute approximate surface area is 117 Å². The zero-order valence-electron chi connectivity index (χ0n) is 11.1. The summed E-state index contributed by atoms with van der Waals surface area (Å²) in [6, 6.07) is 17.5. The Morgan fingerprint density at radius 2 is 1.85 bits per heavy atom. The molecule has 0 radical (unpaired) electrons. The highest BCUT2D eigenvalue weighted by molar-refractivity contribution is 5.57. The molecule has 0 saturated carbocycles. The summed E-state index contributed by atoms with van der Waals surface area (Å²) in [5.41, 5.74) is 3.55. The summed E-state index contributed by atoms with van der Waals surface area (Å²) in [5, 5.41) is 18.4. The van der Waals surface area contributed by atoms with Gasteiger partial charge in [0.25, 0.3) is 0 Å². The second kappa shape index (κ2) is 5.27. The van der Waals surface area contributed by atoms with E-state index in [-0.39, 0.29) is 0 Å². The molecule has 1 N–H and O–H groups in total. The first-order valence-electron chi connectivity index (χ1n) is 6.50. The van der Waals surface area contributed by atoms with Gasteiger partial charge in [-0.3, -0.25) is 0 Å². The number of hydrogen-bond acceptors (Lipinski definition) is 3. The summed E-state index contributed by atoms with van der Waals surface area (Å²) >= 11 is 0. The SMILES string of the molecule is CC(O)c1cccc(-n2ncc(-c3ccccc3)n2)c1. The maximum atomic E-state index is 9.63. The molecule has 4 heteroatoms. The van der Waals surface area contributed by atoms with Crippen LogP contribution in [0.5, 0.6) is 0 Å². The van der Waals surface area contributed by atoms with Gasteiger partial charge in [0.1, 0.15) is 5.69 Å². The van der Waals surface area contributed by atoms with Crippen molar-refractivity contribution in [3.63, 3.8) is 0 Å². The quantitative estimate of drug-likeness (QED) is 0.792. The van der Waals surface area contributed by atoms with Gasteiger partial charge in [0.05, 0.1) is 18.0 Å². The molecule has 3 aromatic rings. The van der Waals surface area contributed by atoms with Gasteiger partial charge < -0.3 is 5.11 Å². The zero-order chi connectivity index (χ0) is 13.9. The third-order valence-corrected chi connectivity index (χ3v) is 3.14. The van der Waals surface area contributed by atoms with E-state index in [1.54, 1.807) is 17.9 Å². The first-order chi connectivity index (χ1) is 9.74. The highest BCUT2D eigenvalue weighted by Gasteiger charge is 2.07. The lowest BCUT2D eigenvalue weighted by Crippen LogP contribution is -2.00. The monoisotopic (exact) mass is 265 g/mol. The number of hydrogen-bond donors (Lipinski definition) is 1. The molecule has 0 saturated heterocycles. The lowest BCUT2D eigenvalue weighted by molar-refractivity contribution is 0.199. The van der Waals surface area contributed by atoms with Crippen molar-refractivity contribution in [2.45, 2.75) is 13.0 Å². The maximum absolute atomic E-state index is 9.63. The number of aliphatic hydroxyl groups excluding tert-OH is 1. The molecule has 0 fully saturated rings. The second-order valence-electron chi connectivity index (χ2n) is 4.66. The topological polar surface area (TPSA) is 50.9 Å². The van der Waals surface area contributed by atoms with Crippen LogP contribution >= 0.6 is 0 Å². The molecule has 100 valence electrons. The summed E-state index contributed by atoms with van der Waals surface area (Å²) in [5.74, 6) is 0. The van der Waals surface area contributed by atoms with E-state index in [1.165, 1.54) is 0 Å². The van der Waals surface area contributed by atoms with Gasteiger partial charge in [-0.05, 0) is 24.6 Å². The molecule has 0 aliphatic rings. The average Bonchev–Trinajstić information content (AvgIpc) is 2.98. The van der Waals surface area contributed by atoms with Crippen LogP contribution in [0, 0.1) is 0 Å². The van der Waals surface area contributed by atoms with Crippen molar-refractivity contribution in [2.24, 2.45) is 0 Å². The number of aliphatic hydroxyl groups is 1. The van der Waals surface area contributed by atoms with Gasteiger partial charge in [0, 0.05) is 5.56 Å². The lowest BCUT2D eigenvalue weighted by Gasteiger charge is -2.06. The van der Waals surface area contributed by atoms with Crippen LogP contribution in [0.4, 0.5) is 0 Å². The van der Waals surface area contributed by atoms with Crippen LogP contribution < -0.4 is 0 Å². The van der Waals surface area contributed by atoms with Crippen LogP contribution in [0.1, 0.15) is 18.6 Å². The number of aromatic nitrogens is 3. The number of benzene rings is 2. The Morgan fingerprint density at radius 3 is 2.60 bits per heavy atom. The van der Waals surface area contributed by atoms with E-state index in [2.05, 4.69) is 10.2 Å². The van der Waals surface area contributed by atoms with Gasteiger partial charge in [0.15, 0.2) is 0 Å². The standard InChI is InChI=1S/C16H15N3O/c1-12(20)14-8-5-9-15(10-14)19-17-11-16(18-19)13-6-3-2-4-7-13/h2-12,20H,1H3. The summed E-state index contributed by atoms with van der Waals surface area (Å²) in [6.45, 7) is 1.74. The fraction of sp³-hybridized carbons (Fsp3) is 0.125. The van der Waals surface area contributed by atoms with Crippen molar-refractivity contribution in [3.8, 4) is 16.9 Å². The minimum absolute atomic E-state index is 0.501. The van der Waals surface area contributed by atoms with Gasteiger partial charge in [-0.25, -0.2) is 0 Å². The molecule has 0 spiro atoms. The van der Waals surface area contributed by atoms with Crippen molar-refractivity contribution in [3.05, 3.63) is 66.4 Å². The van der Waals surface area contributed by atoms with E-state index >= 15 is 0 Å². The Hall–Kier alpha value is -2.46. The van der Waals surface area contributed by atoms with Gasteiger partial charge in [0.2, 0.25) is 0 Å². The van der Waals surface area contributed by atoms with Crippen molar-refractivity contribution < 1.29 is 5.11 Å². The number of rotatable bonds is 3. The molecule has 4 nitrogen and oxygen atoms in total. The smallest absolute Gasteiger partial charge is 0.113 e. The average molecular weight is 265 g/mol. The van der Waals surface area contributed by atoms with Crippen molar-refractivity contribution in [1.29, 1.82) is 0 Å². The normalized spacial score (nSPS) is 12.3. The summed E-state index contributed by atoms with van der Waals surface area (Å²) in [4.78, 5) is 1.58. The number of nitrogens with zero attached hydrogens (tertiary/aromatic N) is 3. The Bertz CT molecular complexity index is 705. The van der Waals surface area contributed by atoms with E-state index < -0.39 is 6.10 Å². The molecular formula is C16H15N3O. The van der Waals surface area contributed by atoms with Crippen LogP contribution in [-0.4, -0.2) is 20.1 Å². The Kier molecular flexibility index (Phi) is 3.31. The molecule has 1 aromatic heterocycles. The molecule has 0 amide bonds. The molecule has 1 heterocycles. The molecule has 0 aliphatic heterocycles. The third kappa shape index (κ3) is 2.46. The lowest BCUT2D eigenvalue weighted by atomic mass is 10.1. The largest absolute Gasteiger partial charge is 0.389 e. The molecule has 1 unspecified atom stereocenters. The van der Waals surface area contributed by atoms with Crippen molar-refractivity contribution in [1.82, 2.24) is 15.0 Å². The van der Waals surface area contributed by atoms with E-state index in [1.807, 2.05) is 54.6 Å². The summed E-state index contributed by atoms with van der Waals surface area (Å²) in [6.07, 6.45) is 1.24. The molecular weight excluding hydrogens is 250 g/mol. The van der Waals surface area contributed by atoms with E-state index in [0.717, 1.165) is 22.5 Å². The highest BCUT2D eigenvalue weighted by atomic mass is 16.3. The van der Waals surface area contributed by atoms with E-state index in [9.17, 15) is 5.11 Å². The summed E-state index contributed by atoms with van der Waals surface area (Å²) in [7, 11) is 0. The highest BCUT2D eigenvalue weighted by Crippen LogP contribution is 2.18. The van der Waals surface area contributed by atoms with Crippen LogP contribution in [0.25, 0.3) is 16.9 Å². The van der Waals surface area contributed by atoms with Gasteiger partial charge in [-0.2, -0.15) is 9.90 Å². The fourth-order valence-corrected chi connectivity index (χ4v) is 2.04. The van der Waals surface area contributed by atoms with Gasteiger partial charge in [-0.15, -0.1) is 5.10 Å². The molecule has 1 atom stereocenters. The molecule has 20 heavy (non-hydrogen) atoms. The van der Waals surface area contributed by atoms with Gasteiger partial charge >= 0.3 is 0 Å². The van der Waals surface area contributed by atoms with Crippen LogP contribution in [0.3, 0.4) is 0 Å². The molecule has 3 rings (SSSR count). The minimum Gasteiger partial charge on any atom is -0.389 e. The van der Waals surface area contributed by atoms with Crippen molar-refractivity contribution >= 4 is 0 Å². The molecule has 2 aromatic carbocycles. The van der Waals surface area contributed by atoms with Gasteiger partial charge in [-0.1, -0.05) is 42.5 Å². The predicted molar refractivity (Wildman–Crippen MR) is 77.4 cm³/mol. The maximum Gasteiger partial charge on any atom is 0.113 e. The summed E-state index contributed by atoms with van der Waals surface area (Å²) < 4.78 is 0. The third-order valence-electron chi connectivity index (χ3n) is 3.14. The Balaban J connectivity index is 1.96. The first kappa shape index (κ1) is 12.6. The van der Waals surface area contributed by atoms with Crippen molar-refractivity contribution in [2.75, 3.05) is 0 Å².